The maximum atomic E-state index is 12.3. The number of esters is 1. The van der Waals surface area contributed by atoms with Crippen LogP contribution in [0.25, 0.3) is 10.6 Å². The van der Waals surface area contributed by atoms with Crippen molar-refractivity contribution < 1.29 is 19.1 Å². The molecule has 1 heterocycles. The van der Waals surface area contributed by atoms with E-state index in [4.69, 9.17) is 14.5 Å². The first-order chi connectivity index (χ1) is 14.9. The number of fused-ring (bicyclic) bond motifs is 1. The maximum Gasteiger partial charge on any atom is 0.306 e. The zero-order valence-corrected chi connectivity index (χ0v) is 18.8. The number of benzene rings is 2. The van der Waals surface area contributed by atoms with E-state index in [2.05, 4.69) is 31.2 Å². The highest BCUT2D eigenvalue weighted by molar-refractivity contribution is 7.15. The van der Waals surface area contributed by atoms with Crippen molar-refractivity contribution in [1.82, 2.24) is 4.98 Å². The van der Waals surface area contributed by atoms with Crippen LogP contribution in [0.3, 0.4) is 0 Å². The van der Waals surface area contributed by atoms with Gasteiger partial charge in [0.15, 0.2) is 0 Å². The van der Waals surface area contributed by atoms with Crippen molar-refractivity contribution in [2.75, 3.05) is 7.11 Å². The van der Waals surface area contributed by atoms with Crippen LogP contribution in [0.4, 0.5) is 0 Å². The van der Waals surface area contributed by atoms with Crippen molar-refractivity contribution in [3.05, 3.63) is 69.7 Å². The van der Waals surface area contributed by atoms with Gasteiger partial charge in [-0.1, -0.05) is 35.9 Å². The fraction of sp³-hybridized carbons (Fsp3) is 0.320. The van der Waals surface area contributed by atoms with Gasteiger partial charge in [-0.25, -0.2) is 4.98 Å². The van der Waals surface area contributed by atoms with Gasteiger partial charge in [-0.2, -0.15) is 0 Å². The fourth-order valence-electron chi connectivity index (χ4n) is 3.84. The zero-order valence-electron chi connectivity index (χ0n) is 17.9. The van der Waals surface area contributed by atoms with E-state index in [9.17, 15) is 9.59 Å². The minimum atomic E-state index is -0.425. The molecule has 0 saturated carbocycles. The van der Waals surface area contributed by atoms with E-state index in [1.165, 1.54) is 12.7 Å². The van der Waals surface area contributed by atoms with E-state index in [0.29, 0.717) is 19.4 Å². The normalized spacial score (nSPS) is 15.5. The first kappa shape index (κ1) is 21.2. The standard InChI is InChI=1S/C25H25NO4S/c1-15-4-6-17(7-5-15)25-26-16(2)23(31-25)14-30-19-9-10-20-18(12-19)8-11-22(27)21(20)13-24(28)29-3/h4-7,9-10,12,21H,8,11,13-14H2,1-3H3. The van der Waals surface area contributed by atoms with Crippen LogP contribution < -0.4 is 4.74 Å². The van der Waals surface area contributed by atoms with Crippen molar-refractivity contribution in [1.29, 1.82) is 0 Å². The Morgan fingerprint density at radius 3 is 2.65 bits per heavy atom. The van der Waals surface area contributed by atoms with E-state index in [1.807, 2.05) is 25.1 Å². The molecule has 1 aliphatic carbocycles. The van der Waals surface area contributed by atoms with Gasteiger partial charge in [-0.05, 0) is 43.5 Å². The lowest BCUT2D eigenvalue weighted by Gasteiger charge is -2.24. The van der Waals surface area contributed by atoms with Crippen LogP contribution in [0.15, 0.2) is 42.5 Å². The number of Topliss-reactive ketones (excluding diaryl/α,β-unsaturated/α-hetero) is 1. The Hall–Kier alpha value is -2.99. The summed E-state index contributed by atoms with van der Waals surface area (Å²) in [6.45, 7) is 4.52. The number of ether oxygens (including phenoxy) is 2. The number of aryl methyl sites for hydroxylation is 3. The number of ketones is 1. The van der Waals surface area contributed by atoms with E-state index >= 15 is 0 Å². The summed E-state index contributed by atoms with van der Waals surface area (Å²) < 4.78 is 10.8. The lowest BCUT2D eigenvalue weighted by Crippen LogP contribution is -2.23. The maximum absolute atomic E-state index is 12.3. The van der Waals surface area contributed by atoms with Gasteiger partial charge in [0.05, 0.1) is 30.0 Å². The van der Waals surface area contributed by atoms with Crippen LogP contribution in [0.2, 0.25) is 0 Å². The third-order valence-electron chi connectivity index (χ3n) is 5.68. The van der Waals surface area contributed by atoms with Crippen LogP contribution in [0.1, 0.15) is 46.0 Å². The minimum absolute atomic E-state index is 0.0877. The number of aromatic nitrogens is 1. The molecule has 2 aromatic carbocycles. The Kier molecular flexibility index (Phi) is 6.18. The van der Waals surface area contributed by atoms with E-state index in [0.717, 1.165) is 38.0 Å². The average molecular weight is 436 g/mol. The minimum Gasteiger partial charge on any atom is -0.488 e. The van der Waals surface area contributed by atoms with E-state index < -0.39 is 5.92 Å². The molecule has 4 rings (SSSR count). The number of hydrogen-bond donors (Lipinski definition) is 0. The van der Waals surface area contributed by atoms with Gasteiger partial charge in [0.2, 0.25) is 0 Å². The molecular weight excluding hydrogens is 410 g/mol. The molecule has 0 fully saturated rings. The summed E-state index contributed by atoms with van der Waals surface area (Å²) in [5.74, 6) is 0.0627. The number of methoxy groups -OCH3 is 1. The summed E-state index contributed by atoms with van der Waals surface area (Å²) in [6, 6.07) is 14.1. The molecule has 0 radical (unpaired) electrons. The van der Waals surface area contributed by atoms with Crippen molar-refractivity contribution in [2.45, 2.75) is 45.6 Å². The van der Waals surface area contributed by atoms with Crippen molar-refractivity contribution in [2.24, 2.45) is 0 Å². The fourth-order valence-corrected chi connectivity index (χ4v) is 4.82. The van der Waals surface area contributed by atoms with Crippen LogP contribution in [-0.2, 0) is 27.4 Å². The smallest absolute Gasteiger partial charge is 0.306 e. The third-order valence-corrected chi connectivity index (χ3v) is 6.86. The largest absolute Gasteiger partial charge is 0.488 e. The molecule has 6 heteroatoms. The average Bonchev–Trinajstić information content (AvgIpc) is 3.15. The summed E-state index contributed by atoms with van der Waals surface area (Å²) >= 11 is 1.64. The number of rotatable bonds is 6. The molecule has 0 aliphatic heterocycles. The van der Waals surface area contributed by atoms with Crippen molar-refractivity contribution in [3.8, 4) is 16.3 Å². The number of hydrogen-bond acceptors (Lipinski definition) is 6. The Labute approximate surface area is 186 Å². The molecule has 1 unspecified atom stereocenters. The number of carbonyl (C=O) groups excluding carboxylic acids is 2. The summed E-state index contributed by atoms with van der Waals surface area (Å²) in [5.41, 5.74) is 5.28. The van der Waals surface area contributed by atoms with Crippen LogP contribution >= 0.6 is 11.3 Å². The van der Waals surface area contributed by atoms with Gasteiger partial charge < -0.3 is 9.47 Å². The molecule has 1 atom stereocenters. The van der Waals surface area contributed by atoms with Gasteiger partial charge in [-0.15, -0.1) is 11.3 Å². The summed E-state index contributed by atoms with van der Waals surface area (Å²) in [6.07, 6.45) is 1.19. The van der Waals surface area contributed by atoms with Gasteiger partial charge in [-0.3, -0.25) is 9.59 Å². The molecule has 160 valence electrons. The molecule has 31 heavy (non-hydrogen) atoms. The highest BCUT2D eigenvalue weighted by Crippen LogP contribution is 2.35. The highest BCUT2D eigenvalue weighted by Gasteiger charge is 2.30. The molecule has 0 amide bonds. The van der Waals surface area contributed by atoms with Gasteiger partial charge >= 0.3 is 5.97 Å². The Bertz CT molecular complexity index is 1120. The second kappa shape index (κ2) is 9.02. The van der Waals surface area contributed by atoms with Crippen molar-refractivity contribution >= 4 is 23.1 Å². The van der Waals surface area contributed by atoms with Crippen molar-refractivity contribution in [3.63, 3.8) is 0 Å². The Morgan fingerprint density at radius 2 is 1.90 bits per heavy atom. The molecule has 0 bridgehead atoms. The zero-order chi connectivity index (χ0) is 22.0. The second-order valence-electron chi connectivity index (χ2n) is 7.84. The second-order valence-corrected chi connectivity index (χ2v) is 8.93. The van der Waals surface area contributed by atoms with Crippen LogP contribution in [0, 0.1) is 13.8 Å². The highest BCUT2D eigenvalue weighted by atomic mass is 32.1. The van der Waals surface area contributed by atoms with Crippen LogP contribution in [-0.4, -0.2) is 23.8 Å². The molecule has 0 saturated heterocycles. The monoisotopic (exact) mass is 435 g/mol. The predicted molar refractivity (Wildman–Crippen MR) is 121 cm³/mol. The SMILES string of the molecule is COC(=O)CC1C(=O)CCc2cc(OCc3sc(-c4ccc(C)cc4)nc3C)ccc21. The molecule has 0 N–H and O–H groups in total. The first-order valence-electron chi connectivity index (χ1n) is 10.3. The quantitative estimate of drug-likeness (QED) is 0.500. The Morgan fingerprint density at radius 1 is 1.13 bits per heavy atom. The number of nitrogens with zero attached hydrogens (tertiary/aromatic N) is 1. The Balaban J connectivity index is 1.48. The van der Waals surface area contributed by atoms with E-state index in [-0.39, 0.29) is 18.2 Å². The first-order valence-corrected chi connectivity index (χ1v) is 11.1. The molecule has 0 spiro atoms. The summed E-state index contributed by atoms with van der Waals surface area (Å²) in [5, 5.41) is 0.991. The number of carbonyl (C=O) groups is 2. The third kappa shape index (κ3) is 4.69. The molecule has 1 aliphatic rings. The van der Waals surface area contributed by atoms with E-state index in [1.54, 1.807) is 11.3 Å². The topological polar surface area (TPSA) is 65.5 Å². The molecule has 3 aromatic rings. The molecular formula is C25H25NO4S. The molecule has 5 nitrogen and oxygen atoms in total. The summed E-state index contributed by atoms with van der Waals surface area (Å²) in [4.78, 5) is 29.8. The van der Waals surface area contributed by atoms with Gasteiger partial charge in [0, 0.05) is 12.0 Å². The van der Waals surface area contributed by atoms with Gasteiger partial charge in [0.1, 0.15) is 23.1 Å². The number of thiazole rings is 1. The lowest BCUT2D eigenvalue weighted by molar-refractivity contribution is -0.142. The summed E-state index contributed by atoms with van der Waals surface area (Å²) in [7, 11) is 1.35. The predicted octanol–water partition coefficient (Wildman–Crippen LogP) is 5.17. The molecule has 1 aromatic heterocycles. The lowest BCUT2D eigenvalue weighted by atomic mass is 9.80. The van der Waals surface area contributed by atoms with Gasteiger partial charge in [0.25, 0.3) is 0 Å². The van der Waals surface area contributed by atoms with Crippen LogP contribution in [0.5, 0.6) is 5.75 Å².